The minimum atomic E-state index is -1.50. The molecule has 2 aliphatic heterocycles. The zero-order valence-corrected chi connectivity index (χ0v) is 15.6. The van der Waals surface area contributed by atoms with Crippen molar-refractivity contribution in [2.24, 2.45) is 0 Å². The van der Waals surface area contributed by atoms with Crippen LogP contribution < -0.4 is 15.4 Å². The van der Waals surface area contributed by atoms with E-state index in [-0.39, 0.29) is 13.2 Å². The summed E-state index contributed by atoms with van der Waals surface area (Å²) < 4.78 is 22.4. The number of aliphatic hydroxyl groups excluding tert-OH is 2. The summed E-state index contributed by atoms with van der Waals surface area (Å²) >= 11 is 0. The average Bonchev–Trinajstić information content (AvgIpc) is 3.12. The van der Waals surface area contributed by atoms with Gasteiger partial charge in [0.25, 0.3) is 0 Å². The molecule has 0 aromatic heterocycles. The fourth-order valence-corrected chi connectivity index (χ4v) is 3.40. The van der Waals surface area contributed by atoms with Crippen molar-refractivity contribution >= 4 is 6.03 Å². The summed E-state index contributed by atoms with van der Waals surface area (Å²) in [5.74, 6) is -0.183. The fourth-order valence-electron chi connectivity index (χ4n) is 3.40. The highest BCUT2D eigenvalue weighted by molar-refractivity contribution is 5.74. The Labute approximate surface area is 157 Å². The fraction of sp³-hybridized carbons (Fsp3) is 0.611. The molecule has 0 unspecified atom stereocenters. The Morgan fingerprint density at radius 3 is 2.48 bits per heavy atom. The van der Waals surface area contributed by atoms with E-state index in [9.17, 15) is 15.0 Å². The normalized spacial score (nSPS) is 31.4. The Morgan fingerprint density at radius 1 is 1.19 bits per heavy atom. The van der Waals surface area contributed by atoms with E-state index < -0.39 is 42.5 Å². The van der Waals surface area contributed by atoms with Crippen LogP contribution in [0.2, 0.25) is 0 Å². The summed E-state index contributed by atoms with van der Waals surface area (Å²) in [4.78, 5) is 12.4. The Bertz CT molecular complexity index is 666. The summed E-state index contributed by atoms with van der Waals surface area (Å²) in [5, 5.41) is 24.9. The maximum absolute atomic E-state index is 12.4. The van der Waals surface area contributed by atoms with Gasteiger partial charge in [-0.25, -0.2) is 4.79 Å². The van der Waals surface area contributed by atoms with Crippen molar-refractivity contribution in [3.05, 3.63) is 29.8 Å². The molecule has 1 aromatic carbocycles. The highest BCUT2D eigenvalue weighted by atomic mass is 16.8. The molecule has 150 valence electrons. The first-order valence-electron chi connectivity index (χ1n) is 8.76. The number of ether oxygens (including phenoxy) is 4. The number of fused-ring (bicyclic) bond motifs is 1. The molecular formula is C18H26N2O7. The van der Waals surface area contributed by atoms with E-state index in [1.807, 2.05) is 12.1 Å². The van der Waals surface area contributed by atoms with E-state index in [1.165, 1.54) is 0 Å². The van der Waals surface area contributed by atoms with Crippen LogP contribution in [0, 0.1) is 0 Å². The van der Waals surface area contributed by atoms with Gasteiger partial charge >= 0.3 is 6.03 Å². The topological polar surface area (TPSA) is 119 Å². The van der Waals surface area contributed by atoms with Crippen molar-refractivity contribution in [2.45, 2.75) is 50.2 Å². The van der Waals surface area contributed by atoms with Gasteiger partial charge in [0.15, 0.2) is 11.5 Å². The zero-order valence-electron chi connectivity index (χ0n) is 15.6. The molecule has 0 aliphatic carbocycles. The molecule has 2 amide bonds. The van der Waals surface area contributed by atoms with Crippen LogP contribution >= 0.6 is 0 Å². The van der Waals surface area contributed by atoms with Gasteiger partial charge in [-0.3, -0.25) is 0 Å². The van der Waals surface area contributed by atoms with E-state index >= 15 is 0 Å². The van der Waals surface area contributed by atoms with Gasteiger partial charge in [0.1, 0.15) is 24.1 Å². The third-order valence-corrected chi connectivity index (χ3v) is 4.67. The lowest BCUT2D eigenvalue weighted by Gasteiger charge is -2.33. The van der Waals surface area contributed by atoms with Gasteiger partial charge in [-0.1, -0.05) is 12.1 Å². The quantitative estimate of drug-likeness (QED) is 0.551. The first-order valence-corrected chi connectivity index (χ1v) is 8.76. The van der Waals surface area contributed by atoms with Crippen LogP contribution in [0.5, 0.6) is 5.75 Å². The number of hydrogen-bond donors (Lipinski definition) is 4. The van der Waals surface area contributed by atoms with Crippen LogP contribution in [-0.2, 0) is 20.8 Å². The number of aliphatic hydroxyl groups is 2. The van der Waals surface area contributed by atoms with Crippen molar-refractivity contribution < 1.29 is 34.0 Å². The first-order chi connectivity index (χ1) is 12.8. The zero-order chi connectivity index (χ0) is 19.7. The summed E-state index contributed by atoms with van der Waals surface area (Å²) in [6, 6.07) is 6.73. The van der Waals surface area contributed by atoms with Crippen molar-refractivity contribution in [1.29, 1.82) is 0 Å². The second-order valence-corrected chi connectivity index (χ2v) is 7.06. The van der Waals surface area contributed by atoms with Crippen molar-refractivity contribution in [3.63, 3.8) is 0 Å². The number of urea groups is 1. The van der Waals surface area contributed by atoms with Crippen LogP contribution in [0.15, 0.2) is 24.3 Å². The SMILES string of the molecule is COc1ccc(CNC(=O)N[C@]2(CO)O[C@H](CO)[C@H]3OC(C)(C)O[C@H]32)cc1. The van der Waals surface area contributed by atoms with E-state index in [0.717, 1.165) is 11.3 Å². The minimum Gasteiger partial charge on any atom is -0.497 e. The lowest BCUT2D eigenvalue weighted by molar-refractivity contribution is -0.223. The maximum Gasteiger partial charge on any atom is 0.317 e. The number of amides is 2. The lowest BCUT2D eigenvalue weighted by atomic mass is 10.0. The molecule has 27 heavy (non-hydrogen) atoms. The molecule has 0 bridgehead atoms. The minimum absolute atomic E-state index is 0.276. The molecule has 2 aliphatic rings. The van der Waals surface area contributed by atoms with Gasteiger partial charge in [-0.15, -0.1) is 0 Å². The maximum atomic E-state index is 12.4. The van der Waals surface area contributed by atoms with Crippen LogP contribution in [0.4, 0.5) is 4.79 Å². The molecule has 4 N–H and O–H groups in total. The monoisotopic (exact) mass is 382 g/mol. The van der Waals surface area contributed by atoms with E-state index in [4.69, 9.17) is 18.9 Å². The highest BCUT2D eigenvalue weighted by Gasteiger charge is 2.63. The van der Waals surface area contributed by atoms with Crippen LogP contribution in [0.25, 0.3) is 0 Å². The predicted molar refractivity (Wildman–Crippen MR) is 94.0 cm³/mol. The predicted octanol–water partition coefficient (Wildman–Crippen LogP) is 0.0942. The number of rotatable bonds is 6. The third kappa shape index (κ3) is 4.02. The van der Waals surface area contributed by atoms with Gasteiger partial charge in [-0.2, -0.15) is 0 Å². The standard InChI is InChI=1S/C18H26N2O7/c1-17(2)26-14-13(9-21)25-18(10-22,15(14)27-17)20-16(23)19-8-11-4-6-12(24-3)7-5-11/h4-7,13-15,21-22H,8-10H2,1-3H3,(H2,19,20,23)/t13-,14-,15-,18-/m1/s1. The Morgan fingerprint density at radius 2 is 1.89 bits per heavy atom. The summed E-state index contributed by atoms with van der Waals surface area (Å²) in [7, 11) is 1.58. The highest BCUT2D eigenvalue weighted by Crippen LogP contribution is 2.42. The smallest absolute Gasteiger partial charge is 0.317 e. The number of nitrogens with one attached hydrogen (secondary N) is 2. The van der Waals surface area contributed by atoms with Gasteiger partial charge in [-0.05, 0) is 31.5 Å². The number of benzene rings is 1. The molecule has 0 radical (unpaired) electrons. The van der Waals surface area contributed by atoms with Gasteiger partial charge in [0.2, 0.25) is 0 Å². The largest absolute Gasteiger partial charge is 0.497 e. The van der Waals surface area contributed by atoms with Crippen molar-refractivity contribution in [2.75, 3.05) is 20.3 Å². The molecular weight excluding hydrogens is 356 g/mol. The second kappa shape index (κ2) is 7.61. The number of methoxy groups -OCH3 is 1. The lowest BCUT2D eigenvalue weighted by Crippen LogP contribution is -2.61. The number of hydrogen-bond acceptors (Lipinski definition) is 7. The number of carbonyl (C=O) groups is 1. The van der Waals surface area contributed by atoms with Crippen molar-refractivity contribution in [1.82, 2.24) is 10.6 Å². The van der Waals surface area contributed by atoms with E-state index in [2.05, 4.69) is 10.6 Å². The summed E-state index contributed by atoms with van der Waals surface area (Å²) in [5.41, 5.74) is -0.625. The first kappa shape index (κ1) is 19.8. The van der Waals surface area contributed by atoms with Gasteiger partial charge < -0.3 is 39.8 Å². The van der Waals surface area contributed by atoms with Crippen molar-refractivity contribution in [3.8, 4) is 5.75 Å². The molecule has 2 fully saturated rings. The summed E-state index contributed by atoms with van der Waals surface area (Å²) in [6.45, 7) is 2.88. The third-order valence-electron chi connectivity index (χ3n) is 4.67. The summed E-state index contributed by atoms with van der Waals surface area (Å²) in [6.07, 6.45) is -2.06. The molecule has 9 heteroatoms. The van der Waals surface area contributed by atoms with E-state index in [1.54, 1.807) is 33.1 Å². The van der Waals surface area contributed by atoms with Gasteiger partial charge in [0.05, 0.1) is 20.3 Å². The molecule has 2 saturated heterocycles. The van der Waals surface area contributed by atoms with Gasteiger partial charge in [0, 0.05) is 6.54 Å². The van der Waals surface area contributed by atoms with E-state index in [0.29, 0.717) is 0 Å². The van der Waals surface area contributed by atoms with Crippen LogP contribution in [0.3, 0.4) is 0 Å². The Kier molecular flexibility index (Phi) is 5.59. The molecule has 1 aromatic rings. The molecule has 0 saturated carbocycles. The second-order valence-electron chi connectivity index (χ2n) is 7.06. The Balaban J connectivity index is 1.65. The number of carbonyl (C=O) groups excluding carboxylic acids is 1. The molecule has 3 rings (SSSR count). The average molecular weight is 382 g/mol. The van der Waals surface area contributed by atoms with Crippen LogP contribution in [0.1, 0.15) is 19.4 Å². The molecule has 9 nitrogen and oxygen atoms in total. The molecule has 4 atom stereocenters. The Hall–Kier alpha value is -1.91. The molecule has 0 spiro atoms. The molecule has 2 heterocycles. The van der Waals surface area contributed by atoms with Crippen LogP contribution in [-0.4, -0.2) is 66.4 Å².